The molecule has 2 aromatic heterocycles. The smallest absolute Gasteiger partial charge is 0.152 e. The molecule has 0 saturated heterocycles. The van der Waals surface area contributed by atoms with Crippen molar-refractivity contribution in [1.29, 1.82) is 0 Å². The molecule has 3 nitrogen and oxygen atoms in total. The Balaban J connectivity index is 2.95. The molecule has 0 radical (unpaired) electrons. The Kier molecular flexibility index (Phi) is 1.88. The van der Waals surface area contributed by atoms with Gasteiger partial charge in [0, 0.05) is 11.3 Å². The molecule has 0 amide bonds. The van der Waals surface area contributed by atoms with Gasteiger partial charge in [-0.1, -0.05) is 0 Å². The Bertz CT molecular complexity index is 511. The molecule has 0 aliphatic heterocycles. The van der Waals surface area contributed by atoms with Gasteiger partial charge in [-0.15, -0.1) is 0 Å². The van der Waals surface area contributed by atoms with Crippen LogP contribution in [0.5, 0.6) is 0 Å². The second kappa shape index (κ2) is 2.94. The summed E-state index contributed by atoms with van der Waals surface area (Å²) in [7, 11) is 0. The van der Waals surface area contributed by atoms with E-state index >= 15 is 0 Å². The molecule has 0 unspecified atom stereocenters. The molecule has 0 spiro atoms. The fourth-order valence-corrected chi connectivity index (χ4v) is 1.67. The van der Waals surface area contributed by atoms with Gasteiger partial charge in [-0.05, 0) is 38.5 Å². The summed E-state index contributed by atoms with van der Waals surface area (Å²) in [5.74, 6) is 0. The number of carbonyl (C=O) groups is 1. The summed E-state index contributed by atoms with van der Waals surface area (Å²) in [6, 6.07) is 3.85. The maximum absolute atomic E-state index is 10.9. The first kappa shape index (κ1) is 8.94. The van der Waals surface area contributed by atoms with Gasteiger partial charge in [-0.2, -0.15) is 5.10 Å². The zero-order valence-electron chi connectivity index (χ0n) is 8.53. The molecule has 0 fully saturated rings. The molecule has 0 aromatic carbocycles. The fourth-order valence-electron chi connectivity index (χ4n) is 1.67. The Morgan fingerprint density at radius 3 is 2.64 bits per heavy atom. The first-order chi connectivity index (χ1) is 6.65. The molecular weight excluding hydrogens is 176 g/mol. The minimum Gasteiger partial charge on any atom is -0.298 e. The van der Waals surface area contributed by atoms with Crippen molar-refractivity contribution in [2.75, 3.05) is 0 Å². The van der Waals surface area contributed by atoms with Crippen molar-refractivity contribution in [3.8, 4) is 0 Å². The minimum absolute atomic E-state index is 0.745. The van der Waals surface area contributed by atoms with Gasteiger partial charge in [0.05, 0.1) is 11.2 Å². The van der Waals surface area contributed by atoms with Crippen molar-refractivity contribution >= 4 is 11.8 Å². The average molecular weight is 188 g/mol. The summed E-state index contributed by atoms with van der Waals surface area (Å²) in [5, 5.41) is 4.36. The van der Waals surface area contributed by atoms with Gasteiger partial charge in [0.25, 0.3) is 0 Å². The molecule has 72 valence electrons. The van der Waals surface area contributed by atoms with E-state index in [-0.39, 0.29) is 0 Å². The Morgan fingerprint density at radius 2 is 2.00 bits per heavy atom. The molecule has 0 aliphatic carbocycles. The van der Waals surface area contributed by atoms with Crippen LogP contribution in [0.4, 0.5) is 0 Å². The summed E-state index contributed by atoms with van der Waals surface area (Å²) in [6.07, 6.45) is 0.897. The third-order valence-electron chi connectivity index (χ3n) is 2.63. The van der Waals surface area contributed by atoms with Crippen LogP contribution in [-0.4, -0.2) is 15.9 Å². The largest absolute Gasteiger partial charge is 0.298 e. The van der Waals surface area contributed by atoms with Crippen LogP contribution in [0.25, 0.3) is 5.52 Å². The molecular formula is C11H12N2O. The average Bonchev–Trinajstić information content (AvgIpc) is 2.41. The second-order valence-electron chi connectivity index (χ2n) is 3.51. The number of aryl methyl sites for hydroxylation is 2. The van der Waals surface area contributed by atoms with Gasteiger partial charge in [0.1, 0.15) is 0 Å². The monoisotopic (exact) mass is 188 g/mol. The molecule has 0 atom stereocenters. The Hall–Kier alpha value is -1.64. The number of nitrogens with zero attached hydrogens (tertiary/aromatic N) is 2. The van der Waals surface area contributed by atoms with E-state index in [0.717, 1.165) is 34.3 Å². The molecule has 0 saturated carbocycles. The van der Waals surface area contributed by atoms with E-state index in [9.17, 15) is 4.79 Å². The van der Waals surface area contributed by atoms with Crippen molar-refractivity contribution < 1.29 is 4.79 Å². The van der Waals surface area contributed by atoms with E-state index < -0.39 is 0 Å². The van der Waals surface area contributed by atoms with Gasteiger partial charge in [0.15, 0.2) is 6.29 Å². The van der Waals surface area contributed by atoms with Gasteiger partial charge in [-0.3, -0.25) is 4.79 Å². The lowest BCUT2D eigenvalue weighted by Gasteiger charge is -1.97. The van der Waals surface area contributed by atoms with Gasteiger partial charge < -0.3 is 0 Å². The SMILES string of the molecule is Cc1ccc2c(C=O)c(C)c(C)n2n1. The zero-order valence-corrected chi connectivity index (χ0v) is 8.53. The molecule has 0 N–H and O–H groups in total. The highest BCUT2D eigenvalue weighted by molar-refractivity contribution is 5.89. The predicted octanol–water partition coefficient (Wildman–Crippen LogP) is 2.07. The molecule has 0 bridgehead atoms. The minimum atomic E-state index is 0.745. The highest BCUT2D eigenvalue weighted by Gasteiger charge is 2.11. The quantitative estimate of drug-likeness (QED) is 0.642. The lowest BCUT2D eigenvalue weighted by Crippen LogP contribution is -1.95. The number of aromatic nitrogens is 2. The zero-order chi connectivity index (χ0) is 10.3. The summed E-state index contributed by atoms with van der Waals surface area (Å²) in [6.45, 7) is 5.86. The number of aldehydes is 1. The normalized spacial score (nSPS) is 10.8. The molecule has 2 heterocycles. The predicted molar refractivity (Wildman–Crippen MR) is 54.8 cm³/mol. The molecule has 14 heavy (non-hydrogen) atoms. The van der Waals surface area contributed by atoms with E-state index in [1.165, 1.54) is 0 Å². The molecule has 2 aromatic rings. The summed E-state index contributed by atoms with van der Waals surface area (Å²) < 4.78 is 1.83. The van der Waals surface area contributed by atoms with Gasteiger partial charge in [0.2, 0.25) is 0 Å². The number of rotatable bonds is 1. The maximum Gasteiger partial charge on any atom is 0.152 e. The third-order valence-corrected chi connectivity index (χ3v) is 2.63. The summed E-state index contributed by atoms with van der Waals surface area (Å²) in [4.78, 5) is 10.9. The molecule has 0 aliphatic rings. The fraction of sp³-hybridized carbons (Fsp3) is 0.273. The van der Waals surface area contributed by atoms with Crippen LogP contribution in [0.3, 0.4) is 0 Å². The highest BCUT2D eigenvalue weighted by atomic mass is 16.1. The van der Waals surface area contributed by atoms with Crippen molar-refractivity contribution in [3.05, 3.63) is 34.6 Å². The topological polar surface area (TPSA) is 34.4 Å². The van der Waals surface area contributed by atoms with Crippen LogP contribution < -0.4 is 0 Å². The first-order valence-electron chi connectivity index (χ1n) is 4.56. The highest BCUT2D eigenvalue weighted by Crippen LogP contribution is 2.19. The third kappa shape index (κ3) is 1.05. The van der Waals surface area contributed by atoms with Crippen molar-refractivity contribution in [2.45, 2.75) is 20.8 Å². The lowest BCUT2D eigenvalue weighted by molar-refractivity contribution is 0.112. The lowest BCUT2D eigenvalue weighted by atomic mass is 10.1. The summed E-state index contributed by atoms with van der Waals surface area (Å²) >= 11 is 0. The van der Waals surface area contributed by atoms with Gasteiger partial charge in [-0.25, -0.2) is 4.52 Å². The van der Waals surface area contributed by atoms with Crippen LogP contribution in [0.2, 0.25) is 0 Å². The van der Waals surface area contributed by atoms with Crippen molar-refractivity contribution in [1.82, 2.24) is 9.61 Å². The van der Waals surface area contributed by atoms with Crippen molar-refractivity contribution in [3.63, 3.8) is 0 Å². The maximum atomic E-state index is 10.9. The van der Waals surface area contributed by atoms with Crippen LogP contribution >= 0.6 is 0 Å². The van der Waals surface area contributed by atoms with E-state index in [4.69, 9.17) is 0 Å². The number of fused-ring (bicyclic) bond motifs is 1. The Morgan fingerprint density at radius 1 is 1.29 bits per heavy atom. The second-order valence-corrected chi connectivity index (χ2v) is 3.51. The Labute approximate surface area is 82.4 Å². The van der Waals surface area contributed by atoms with E-state index in [2.05, 4.69) is 5.10 Å². The standard InChI is InChI=1S/C11H12N2O/c1-7-4-5-11-10(6-14)8(2)9(3)13(11)12-7/h4-6H,1-3H3. The van der Waals surface area contributed by atoms with E-state index in [1.54, 1.807) is 0 Å². The van der Waals surface area contributed by atoms with E-state index in [1.807, 2.05) is 37.4 Å². The van der Waals surface area contributed by atoms with Gasteiger partial charge >= 0.3 is 0 Å². The first-order valence-corrected chi connectivity index (χ1v) is 4.56. The molecule has 2 rings (SSSR count). The number of hydrogen-bond acceptors (Lipinski definition) is 2. The summed E-state index contributed by atoms with van der Waals surface area (Å²) in [5.41, 5.74) is 4.63. The molecule has 3 heteroatoms. The number of hydrogen-bond donors (Lipinski definition) is 0. The van der Waals surface area contributed by atoms with Crippen LogP contribution in [-0.2, 0) is 0 Å². The van der Waals surface area contributed by atoms with Crippen LogP contribution in [0, 0.1) is 20.8 Å². The van der Waals surface area contributed by atoms with E-state index in [0.29, 0.717) is 0 Å². The van der Waals surface area contributed by atoms with Crippen molar-refractivity contribution in [2.24, 2.45) is 0 Å². The van der Waals surface area contributed by atoms with Crippen LogP contribution in [0.1, 0.15) is 27.3 Å². The van der Waals surface area contributed by atoms with Crippen LogP contribution in [0.15, 0.2) is 12.1 Å². The number of carbonyl (C=O) groups excluding carboxylic acids is 1.